The summed E-state index contributed by atoms with van der Waals surface area (Å²) >= 11 is 0. The zero-order chi connectivity index (χ0) is 12.5. The summed E-state index contributed by atoms with van der Waals surface area (Å²) < 4.78 is 31.2. The van der Waals surface area contributed by atoms with Gasteiger partial charge in [0, 0.05) is 13.7 Å². The Morgan fingerprint density at radius 2 is 2.12 bits per heavy atom. The van der Waals surface area contributed by atoms with Gasteiger partial charge in [-0.05, 0) is 18.6 Å². The molecule has 0 saturated carbocycles. The molecule has 1 unspecified atom stereocenters. The van der Waals surface area contributed by atoms with Crippen molar-refractivity contribution < 1.29 is 13.2 Å². The molecule has 1 fully saturated rings. The maximum Gasteiger partial charge on any atom is 0.245 e. The minimum Gasteiger partial charge on any atom is -0.398 e. The maximum absolute atomic E-state index is 12.3. The first-order chi connectivity index (χ1) is 8.03. The molecule has 2 N–H and O–H groups in total. The van der Waals surface area contributed by atoms with Crippen LogP contribution in [0.4, 0.5) is 5.69 Å². The fraction of sp³-hybridized carbons (Fsp3) is 0.455. The molecule has 0 aliphatic carbocycles. The number of nitrogen functional groups attached to an aromatic ring is 1. The second-order valence-electron chi connectivity index (χ2n) is 4.08. The monoisotopic (exact) mass is 256 g/mol. The van der Waals surface area contributed by atoms with Gasteiger partial charge < -0.3 is 10.5 Å². The van der Waals surface area contributed by atoms with Crippen molar-refractivity contribution in [2.45, 2.75) is 17.4 Å². The molecule has 0 bridgehead atoms. The largest absolute Gasteiger partial charge is 0.398 e. The lowest BCUT2D eigenvalue weighted by molar-refractivity contribution is 0.181. The fourth-order valence-electron chi connectivity index (χ4n) is 1.88. The van der Waals surface area contributed by atoms with E-state index in [9.17, 15) is 8.42 Å². The Morgan fingerprint density at radius 3 is 2.71 bits per heavy atom. The number of nitrogens with zero attached hydrogens (tertiary/aromatic N) is 1. The van der Waals surface area contributed by atoms with Crippen LogP contribution in [0.1, 0.15) is 6.42 Å². The van der Waals surface area contributed by atoms with Crippen molar-refractivity contribution in [3.8, 4) is 0 Å². The quantitative estimate of drug-likeness (QED) is 0.807. The fourth-order valence-corrected chi connectivity index (χ4v) is 3.36. The Morgan fingerprint density at radius 1 is 1.41 bits per heavy atom. The van der Waals surface area contributed by atoms with Crippen LogP contribution in [0.15, 0.2) is 29.2 Å². The predicted octanol–water partition coefficient (Wildman–Crippen LogP) is 0.678. The molecule has 1 atom stereocenters. The number of nitrogens with two attached hydrogens (primary N) is 1. The number of likely N-dealkylation sites (N-methyl/N-ethyl adjacent to an activating group) is 1. The first-order valence-corrected chi connectivity index (χ1v) is 6.88. The SMILES string of the molecule is CN(C1CCOC1)S(=O)(=O)c1ccccc1N. The third kappa shape index (κ3) is 2.29. The summed E-state index contributed by atoms with van der Waals surface area (Å²) in [7, 11) is -1.95. The number of hydrogen-bond donors (Lipinski definition) is 1. The Labute approximate surface area is 101 Å². The van der Waals surface area contributed by atoms with Crippen LogP contribution in [-0.2, 0) is 14.8 Å². The molecular weight excluding hydrogens is 240 g/mol. The van der Waals surface area contributed by atoms with Gasteiger partial charge in [-0.2, -0.15) is 4.31 Å². The average molecular weight is 256 g/mol. The smallest absolute Gasteiger partial charge is 0.245 e. The van der Waals surface area contributed by atoms with E-state index in [1.807, 2.05) is 0 Å². The lowest BCUT2D eigenvalue weighted by atomic mass is 10.3. The van der Waals surface area contributed by atoms with Gasteiger partial charge in [0.2, 0.25) is 10.0 Å². The highest BCUT2D eigenvalue weighted by atomic mass is 32.2. The highest BCUT2D eigenvalue weighted by Gasteiger charge is 2.31. The molecule has 0 spiro atoms. The van der Waals surface area contributed by atoms with E-state index in [2.05, 4.69) is 0 Å². The number of rotatable bonds is 3. The van der Waals surface area contributed by atoms with E-state index in [0.717, 1.165) is 6.42 Å². The van der Waals surface area contributed by atoms with Crippen LogP contribution in [0.2, 0.25) is 0 Å². The van der Waals surface area contributed by atoms with Crippen molar-refractivity contribution in [3.63, 3.8) is 0 Å². The molecule has 1 saturated heterocycles. The van der Waals surface area contributed by atoms with Gasteiger partial charge in [-0.15, -0.1) is 0 Å². The molecule has 1 aromatic carbocycles. The van der Waals surface area contributed by atoms with Gasteiger partial charge in [-0.3, -0.25) is 0 Å². The minimum absolute atomic E-state index is 0.0976. The summed E-state index contributed by atoms with van der Waals surface area (Å²) in [5.41, 5.74) is 5.98. The van der Waals surface area contributed by atoms with Crippen molar-refractivity contribution in [1.29, 1.82) is 0 Å². The zero-order valence-electron chi connectivity index (χ0n) is 9.67. The summed E-state index contributed by atoms with van der Waals surface area (Å²) in [5.74, 6) is 0. The van der Waals surface area contributed by atoms with E-state index >= 15 is 0 Å². The van der Waals surface area contributed by atoms with Crippen LogP contribution in [0, 0.1) is 0 Å². The number of benzene rings is 1. The molecule has 17 heavy (non-hydrogen) atoms. The van der Waals surface area contributed by atoms with Gasteiger partial charge in [0.15, 0.2) is 0 Å². The second kappa shape index (κ2) is 4.64. The Bertz CT molecular complexity index is 495. The first kappa shape index (κ1) is 12.3. The Balaban J connectivity index is 2.33. The van der Waals surface area contributed by atoms with Crippen LogP contribution >= 0.6 is 0 Å². The van der Waals surface area contributed by atoms with Crippen LogP contribution in [0.3, 0.4) is 0 Å². The zero-order valence-corrected chi connectivity index (χ0v) is 10.5. The van der Waals surface area contributed by atoms with Crippen LogP contribution in [0.25, 0.3) is 0 Å². The molecule has 94 valence electrons. The van der Waals surface area contributed by atoms with Crippen molar-refractivity contribution in [1.82, 2.24) is 4.31 Å². The van der Waals surface area contributed by atoms with Gasteiger partial charge in [0.25, 0.3) is 0 Å². The van der Waals surface area contributed by atoms with Crippen LogP contribution in [-0.4, -0.2) is 39.0 Å². The van der Waals surface area contributed by atoms with E-state index in [0.29, 0.717) is 13.2 Å². The first-order valence-electron chi connectivity index (χ1n) is 5.44. The molecule has 0 aromatic heterocycles. The minimum atomic E-state index is -3.52. The lowest BCUT2D eigenvalue weighted by Gasteiger charge is -2.23. The van der Waals surface area contributed by atoms with E-state index in [-0.39, 0.29) is 16.6 Å². The second-order valence-corrected chi connectivity index (χ2v) is 6.04. The number of para-hydroxylation sites is 1. The van der Waals surface area contributed by atoms with Crippen molar-refractivity contribution >= 4 is 15.7 Å². The van der Waals surface area contributed by atoms with Gasteiger partial charge in [0.1, 0.15) is 4.90 Å². The molecule has 1 aliphatic rings. The number of hydrogen-bond acceptors (Lipinski definition) is 4. The summed E-state index contributed by atoms with van der Waals surface area (Å²) in [6.07, 6.45) is 0.725. The highest BCUT2D eigenvalue weighted by molar-refractivity contribution is 7.89. The normalized spacial score (nSPS) is 20.9. The molecule has 1 aliphatic heterocycles. The summed E-state index contributed by atoms with van der Waals surface area (Å²) in [6, 6.07) is 6.40. The molecular formula is C11H16N2O3S. The van der Waals surface area contributed by atoms with Gasteiger partial charge >= 0.3 is 0 Å². The number of ether oxygens (including phenoxy) is 1. The van der Waals surface area contributed by atoms with Crippen molar-refractivity contribution in [2.24, 2.45) is 0 Å². The standard InChI is InChI=1S/C11H16N2O3S/c1-13(9-6-7-16-8-9)17(14,15)11-5-3-2-4-10(11)12/h2-5,9H,6-8,12H2,1H3. The van der Waals surface area contributed by atoms with E-state index in [4.69, 9.17) is 10.5 Å². The topological polar surface area (TPSA) is 72.6 Å². The molecule has 0 amide bonds. The van der Waals surface area contributed by atoms with Crippen molar-refractivity contribution in [2.75, 3.05) is 26.0 Å². The summed E-state index contributed by atoms with van der Waals surface area (Å²) in [6.45, 7) is 1.05. The maximum atomic E-state index is 12.3. The molecule has 1 heterocycles. The van der Waals surface area contributed by atoms with Crippen LogP contribution < -0.4 is 5.73 Å². The van der Waals surface area contributed by atoms with Crippen LogP contribution in [0.5, 0.6) is 0 Å². The Hall–Kier alpha value is -1.11. The van der Waals surface area contributed by atoms with Gasteiger partial charge in [0.05, 0.1) is 18.3 Å². The third-order valence-corrected chi connectivity index (χ3v) is 4.98. The van der Waals surface area contributed by atoms with Gasteiger partial charge in [-0.1, -0.05) is 12.1 Å². The third-order valence-electron chi connectivity index (χ3n) is 3.00. The Kier molecular flexibility index (Phi) is 3.37. The highest BCUT2D eigenvalue weighted by Crippen LogP contribution is 2.24. The molecule has 6 heteroatoms. The number of sulfonamides is 1. The van der Waals surface area contributed by atoms with E-state index < -0.39 is 10.0 Å². The molecule has 5 nitrogen and oxygen atoms in total. The lowest BCUT2D eigenvalue weighted by Crippen LogP contribution is -2.37. The molecule has 2 rings (SSSR count). The number of anilines is 1. The average Bonchev–Trinajstić information content (AvgIpc) is 2.81. The summed E-state index contributed by atoms with van der Waals surface area (Å²) in [5, 5.41) is 0. The van der Waals surface area contributed by atoms with Crippen molar-refractivity contribution in [3.05, 3.63) is 24.3 Å². The molecule has 1 aromatic rings. The van der Waals surface area contributed by atoms with Gasteiger partial charge in [-0.25, -0.2) is 8.42 Å². The van der Waals surface area contributed by atoms with E-state index in [1.165, 1.54) is 10.4 Å². The van der Waals surface area contributed by atoms with E-state index in [1.54, 1.807) is 25.2 Å². The summed E-state index contributed by atoms with van der Waals surface area (Å²) in [4.78, 5) is 0.161. The molecule has 0 radical (unpaired) electrons. The predicted molar refractivity (Wildman–Crippen MR) is 65.0 cm³/mol.